The van der Waals surface area contributed by atoms with Gasteiger partial charge >= 0.3 is 5.97 Å². The van der Waals surface area contributed by atoms with E-state index < -0.39 is 32.5 Å². The van der Waals surface area contributed by atoms with Crippen molar-refractivity contribution in [1.29, 1.82) is 0 Å². The van der Waals surface area contributed by atoms with Crippen LogP contribution in [0.1, 0.15) is 70.0 Å². The summed E-state index contributed by atoms with van der Waals surface area (Å²) < 4.78 is 82.6. The first kappa shape index (κ1) is 42.3. The Morgan fingerprint density at radius 1 is 0.952 bits per heavy atom. The number of hydrogen-bond acceptors (Lipinski definition) is 9. The van der Waals surface area contributed by atoms with Crippen LogP contribution in [0.2, 0.25) is 0 Å². The predicted molar refractivity (Wildman–Crippen MR) is 230 cm³/mol. The molecule has 2 atom stereocenters. The van der Waals surface area contributed by atoms with Crippen molar-refractivity contribution in [3.05, 3.63) is 138 Å². The van der Waals surface area contributed by atoms with Crippen LogP contribution in [0.4, 0.5) is 8.78 Å². The molecule has 62 heavy (non-hydrogen) atoms. The lowest BCUT2D eigenvalue weighted by molar-refractivity contribution is -0.147. The number of rotatable bonds is 7. The molecule has 4 aromatic carbocycles. The van der Waals surface area contributed by atoms with E-state index in [4.69, 9.17) is 24.3 Å². The van der Waals surface area contributed by atoms with E-state index in [0.29, 0.717) is 43.0 Å². The maximum absolute atomic E-state index is 16.7. The molecule has 7 aromatic rings. The molecule has 0 saturated carbocycles. The van der Waals surface area contributed by atoms with Gasteiger partial charge in [0.25, 0.3) is 10.0 Å². The van der Waals surface area contributed by atoms with Gasteiger partial charge in [-0.1, -0.05) is 63.2 Å². The fourth-order valence-electron chi connectivity index (χ4n) is 7.96. The molecule has 1 aliphatic rings. The first-order chi connectivity index (χ1) is 29.6. The topological polar surface area (TPSA) is 132 Å². The van der Waals surface area contributed by atoms with Crippen LogP contribution in [0.25, 0.3) is 22.3 Å². The van der Waals surface area contributed by atoms with Crippen LogP contribution in [-0.4, -0.2) is 56.1 Å². The minimum atomic E-state index is -4.11. The Morgan fingerprint density at radius 3 is 2.52 bits per heavy atom. The van der Waals surface area contributed by atoms with Gasteiger partial charge in [0.05, 0.1) is 53.3 Å². The molecule has 4 heterocycles. The molecule has 0 fully saturated rings. The third kappa shape index (κ3) is 8.08. The second-order valence-corrected chi connectivity index (χ2v) is 18.6. The van der Waals surface area contributed by atoms with Crippen LogP contribution in [0, 0.1) is 23.0 Å². The fourth-order valence-corrected chi connectivity index (χ4v) is 9.32. The van der Waals surface area contributed by atoms with Gasteiger partial charge in [0, 0.05) is 36.3 Å². The molecule has 8 rings (SSSR count). The van der Waals surface area contributed by atoms with Crippen molar-refractivity contribution in [2.24, 2.45) is 18.4 Å². The summed E-state index contributed by atoms with van der Waals surface area (Å²) in [5, 5.41) is 9.84. The highest BCUT2D eigenvalue weighted by Gasteiger charge is 2.37. The number of fused-ring (bicyclic) bond motifs is 9. The van der Waals surface area contributed by atoms with Crippen molar-refractivity contribution in [2.45, 2.75) is 70.7 Å². The molecule has 12 nitrogen and oxygen atoms in total. The summed E-state index contributed by atoms with van der Waals surface area (Å²) in [7, 11) is -2.42. The molecule has 0 spiro atoms. The Morgan fingerprint density at radius 2 is 1.74 bits per heavy atom. The number of benzene rings is 4. The third-order valence-corrected chi connectivity index (χ3v) is 13.3. The molecule has 0 amide bonds. The molecule has 2 unspecified atom stereocenters. The molecule has 3 aromatic heterocycles. The van der Waals surface area contributed by atoms with E-state index >= 15 is 8.78 Å². The monoisotopic (exact) mass is 862 g/mol. The maximum atomic E-state index is 16.7. The predicted octanol–water partition coefficient (Wildman–Crippen LogP) is 9.24. The molecule has 0 saturated heterocycles. The number of ether oxygens (including phenoxy) is 3. The molecular formula is C47H48F2N6O6S. The van der Waals surface area contributed by atoms with E-state index in [0.717, 1.165) is 21.2 Å². The number of esters is 1. The molecule has 15 heteroatoms. The summed E-state index contributed by atoms with van der Waals surface area (Å²) in [5.41, 5.74) is 1.14. The first-order valence-electron chi connectivity index (χ1n) is 20.5. The number of carbonyl (C=O) groups excluding carboxylic acids is 1. The van der Waals surface area contributed by atoms with E-state index in [1.165, 1.54) is 41.2 Å². The summed E-state index contributed by atoms with van der Waals surface area (Å²) in [6.07, 6.45) is 4.65. The summed E-state index contributed by atoms with van der Waals surface area (Å²) in [6.45, 7) is 10.4. The molecule has 322 valence electrons. The quantitative estimate of drug-likeness (QED) is 0.144. The second kappa shape index (κ2) is 16.5. The summed E-state index contributed by atoms with van der Waals surface area (Å²) in [4.78, 5) is 17.6. The highest BCUT2D eigenvalue weighted by Crippen LogP contribution is 2.42. The average molecular weight is 863 g/mol. The zero-order chi connectivity index (χ0) is 44.0. The van der Waals surface area contributed by atoms with Crippen molar-refractivity contribution in [2.75, 3.05) is 13.2 Å². The third-order valence-electron chi connectivity index (χ3n) is 11.6. The Labute approximate surface area is 359 Å². The molecule has 1 aliphatic heterocycles. The van der Waals surface area contributed by atoms with Gasteiger partial charge in [-0.2, -0.15) is 10.2 Å². The van der Waals surface area contributed by atoms with Gasteiger partial charge in [0.1, 0.15) is 11.6 Å². The van der Waals surface area contributed by atoms with E-state index in [1.807, 2.05) is 25.1 Å². The zero-order valence-corrected chi connectivity index (χ0v) is 36.2. The number of aromatic nitrogens is 6. The highest BCUT2D eigenvalue weighted by atomic mass is 32.2. The van der Waals surface area contributed by atoms with Gasteiger partial charge in [0.2, 0.25) is 5.88 Å². The Kier molecular flexibility index (Phi) is 11.3. The lowest BCUT2D eigenvalue weighted by Gasteiger charge is -2.33. The summed E-state index contributed by atoms with van der Waals surface area (Å²) >= 11 is 0. The second-order valence-electron chi connectivity index (χ2n) is 16.8. The van der Waals surface area contributed by atoms with E-state index in [1.54, 1.807) is 55.2 Å². The van der Waals surface area contributed by atoms with Crippen molar-refractivity contribution in [1.82, 2.24) is 28.5 Å². The van der Waals surface area contributed by atoms with Gasteiger partial charge < -0.3 is 14.2 Å². The van der Waals surface area contributed by atoms with Gasteiger partial charge in [-0.3, -0.25) is 4.79 Å². The summed E-state index contributed by atoms with van der Waals surface area (Å²) in [5.74, 6) is -1.05. The molecule has 4 bridgehead atoms. The van der Waals surface area contributed by atoms with Crippen molar-refractivity contribution < 1.29 is 36.2 Å². The largest absolute Gasteiger partial charge is 0.477 e. The first-order valence-corrected chi connectivity index (χ1v) is 21.9. The van der Waals surface area contributed by atoms with Crippen LogP contribution in [0.15, 0.2) is 108 Å². The number of carbonyl (C=O) groups is 1. The molecular weight excluding hydrogens is 815 g/mol. The Balaban J connectivity index is 1.26. The van der Waals surface area contributed by atoms with Crippen LogP contribution in [0.5, 0.6) is 17.4 Å². The number of aryl methyl sites for hydroxylation is 1. The average Bonchev–Trinajstić information content (AvgIpc) is 4.00. The number of nitrogens with zero attached hydrogens (tertiary/aromatic N) is 6. The standard InChI is InChI=1S/C47H48F2N6O6S/c1-7-59-44(56)30(2)24-31-12-11-13-32(25-31)47(5)21-20-46(3,4)29-60-41-18-22-50-54(41)28-37-35-19-23-55(62(57,58)34-14-9-8-10-15-34)40(35)27-39(49)42(37)61-33-16-17-38(48)36(26-33)43-51-45(47)52-53(43)6/h8-19,22-23,25-27,30H,7,20-21,24,28-29H2,1-6H3. The van der Waals surface area contributed by atoms with Crippen molar-refractivity contribution in [3.8, 4) is 28.8 Å². The molecule has 0 radical (unpaired) electrons. The zero-order valence-electron chi connectivity index (χ0n) is 35.4. The van der Waals surface area contributed by atoms with Crippen molar-refractivity contribution >= 4 is 26.9 Å². The van der Waals surface area contributed by atoms with Crippen LogP contribution in [-0.2, 0) is 45.0 Å². The minimum absolute atomic E-state index is 0.0404. The molecule has 0 aliphatic carbocycles. The fraction of sp³-hybridized carbons (Fsp3) is 0.319. The van der Waals surface area contributed by atoms with E-state index in [2.05, 4.69) is 31.9 Å². The van der Waals surface area contributed by atoms with Crippen LogP contribution < -0.4 is 9.47 Å². The van der Waals surface area contributed by atoms with Gasteiger partial charge in [-0.25, -0.2) is 35.5 Å². The van der Waals surface area contributed by atoms with Crippen LogP contribution >= 0.6 is 0 Å². The van der Waals surface area contributed by atoms with E-state index in [-0.39, 0.29) is 63.9 Å². The number of halogens is 2. The van der Waals surface area contributed by atoms with E-state index in [9.17, 15) is 13.2 Å². The Bertz CT molecular complexity index is 2910. The van der Waals surface area contributed by atoms with Crippen LogP contribution in [0.3, 0.4) is 0 Å². The van der Waals surface area contributed by atoms with Crippen molar-refractivity contribution in [3.63, 3.8) is 0 Å². The maximum Gasteiger partial charge on any atom is 0.308 e. The highest BCUT2D eigenvalue weighted by molar-refractivity contribution is 7.90. The van der Waals surface area contributed by atoms with Gasteiger partial charge in [0.15, 0.2) is 23.2 Å². The van der Waals surface area contributed by atoms with Gasteiger partial charge in [-0.15, -0.1) is 0 Å². The minimum Gasteiger partial charge on any atom is -0.477 e. The number of hydrogen-bond donors (Lipinski definition) is 0. The smallest absolute Gasteiger partial charge is 0.308 e. The Hall–Kier alpha value is -6.35. The lowest BCUT2D eigenvalue weighted by atomic mass is 9.73. The lowest BCUT2D eigenvalue weighted by Crippen LogP contribution is -2.30. The van der Waals surface area contributed by atoms with Gasteiger partial charge in [-0.05, 0) is 86.1 Å². The normalized spacial score (nSPS) is 17.2. The molecule has 0 N–H and O–H groups in total. The SMILES string of the molecule is CCOC(=O)C(C)Cc1cccc(C2(C)CCC(C)(C)COc3ccnn3Cc3c(c(F)cc4c3ccn4S(=O)(=O)c3ccccc3)Oc3ccc(F)c(c3)-c3nc2nn3C)c1. The summed E-state index contributed by atoms with van der Waals surface area (Å²) in [6, 6.07) is 24.4.